The fourth-order valence-electron chi connectivity index (χ4n) is 1.99. The maximum Gasteiger partial charge on any atom is -0.00773 e. The second-order valence-electron chi connectivity index (χ2n) is 6.02. The van der Waals surface area contributed by atoms with E-state index in [2.05, 4.69) is 6.92 Å². The van der Waals surface area contributed by atoms with E-state index in [0.717, 1.165) is 6.54 Å². The highest BCUT2D eigenvalue weighted by Crippen LogP contribution is 2.11. The fourth-order valence-corrected chi connectivity index (χ4v) is 1.99. The smallest absolute Gasteiger partial charge is 0.00773 e. The lowest BCUT2D eigenvalue weighted by molar-refractivity contribution is 0.505. The van der Waals surface area contributed by atoms with E-state index >= 15 is 0 Å². The number of nitrogens with two attached hydrogens (primary N) is 1. The molecule has 0 rings (SSSR count). The molecule has 0 saturated heterocycles. The van der Waals surface area contributed by atoms with Gasteiger partial charge in [-0.05, 0) is 34.1 Å². The van der Waals surface area contributed by atoms with Gasteiger partial charge >= 0.3 is 0 Å². The average molecular weight is 390 g/mol. The molecule has 0 aromatic heterocycles. The summed E-state index contributed by atoms with van der Waals surface area (Å²) in [6.07, 6.45) is 16.9. The Balaban J connectivity index is -0.000000213. The van der Waals surface area contributed by atoms with Crippen LogP contribution in [0.2, 0.25) is 0 Å². The van der Waals surface area contributed by atoms with E-state index in [1.165, 1.54) is 77.0 Å². The van der Waals surface area contributed by atoms with E-state index in [4.69, 9.17) is 5.73 Å². The summed E-state index contributed by atoms with van der Waals surface area (Å²) in [4.78, 5) is 2.00. The highest BCUT2D eigenvalue weighted by Gasteiger charge is 1.92. The maximum atomic E-state index is 5.45. The predicted molar refractivity (Wildman–Crippen MR) is 107 cm³/mol. The lowest BCUT2D eigenvalue weighted by Gasteiger charge is -2.01. The van der Waals surface area contributed by atoms with Crippen molar-refractivity contribution in [2.24, 2.45) is 5.73 Å². The molecule has 0 heterocycles. The molecule has 0 amide bonds. The molecule has 134 valence electrons. The first-order valence-electron chi connectivity index (χ1n) is 8.46. The van der Waals surface area contributed by atoms with E-state index in [-0.39, 0.29) is 29.4 Å². The van der Waals surface area contributed by atoms with Crippen LogP contribution in [0.25, 0.3) is 0 Å². The maximum absolute atomic E-state index is 5.45. The lowest BCUT2D eigenvalue weighted by atomic mass is 10.1. The van der Waals surface area contributed by atoms with Crippen LogP contribution in [0.3, 0.4) is 0 Å². The first kappa shape index (κ1) is 29.7. The first-order chi connectivity index (χ1) is 9.15. The molecule has 2 N–H and O–H groups in total. The molecule has 0 fully saturated rings. The Morgan fingerprint density at radius 1 is 0.619 bits per heavy atom. The van der Waals surface area contributed by atoms with Gasteiger partial charge in [0.05, 0.1) is 0 Å². The van der Waals surface area contributed by atoms with Crippen molar-refractivity contribution in [1.82, 2.24) is 4.90 Å². The summed E-state index contributed by atoms with van der Waals surface area (Å²) < 4.78 is 0. The van der Waals surface area contributed by atoms with E-state index in [1.807, 2.05) is 26.0 Å². The third kappa shape index (κ3) is 44.9. The Hall–Kier alpha value is 0.690. The SMILES string of the molecule is Br.CCCCCCCCCCCCCCN.CN(C)C.Cl. The molecule has 0 aromatic rings. The van der Waals surface area contributed by atoms with E-state index < -0.39 is 0 Å². The van der Waals surface area contributed by atoms with Crippen molar-refractivity contribution in [1.29, 1.82) is 0 Å². The molecule has 0 aromatic carbocycles. The fraction of sp³-hybridized carbons (Fsp3) is 1.00. The number of rotatable bonds is 12. The van der Waals surface area contributed by atoms with Crippen LogP contribution in [0.4, 0.5) is 0 Å². The first-order valence-corrected chi connectivity index (χ1v) is 8.46. The van der Waals surface area contributed by atoms with Crippen molar-refractivity contribution in [3.05, 3.63) is 0 Å². The van der Waals surface area contributed by atoms with Crippen LogP contribution >= 0.6 is 29.4 Å². The minimum Gasteiger partial charge on any atom is -0.330 e. The van der Waals surface area contributed by atoms with Crippen molar-refractivity contribution in [3.63, 3.8) is 0 Å². The lowest BCUT2D eigenvalue weighted by Crippen LogP contribution is -1.99. The van der Waals surface area contributed by atoms with Crippen molar-refractivity contribution >= 4 is 29.4 Å². The van der Waals surface area contributed by atoms with Gasteiger partial charge < -0.3 is 10.6 Å². The number of hydrogen-bond acceptors (Lipinski definition) is 2. The second-order valence-corrected chi connectivity index (χ2v) is 6.02. The van der Waals surface area contributed by atoms with Crippen molar-refractivity contribution in [3.8, 4) is 0 Å². The summed E-state index contributed by atoms with van der Waals surface area (Å²) in [7, 11) is 6.00. The molecular weight excluding hydrogens is 348 g/mol. The van der Waals surface area contributed by atoms with Gasteiger partial charge in [0.2, 0.25) is 0 Å². The molecule has 0 unspecified atom stereocenters. The molecule has 0 aliphatic carbocycles. The normalized spacial score (nSPS) is 9.43. The standard InChI is InChI=1S/C14H31N.C3H9N.BrH.ClH/c1-2-3-4-5-6-7-8-9-10-11-12-13-14-15;1-4(2)3;;/h2-15H2,1H3;1-3H3;2*1H. The summed E-state index contributed by atoms with van der Waals surface area (Å²) >= 11 is 0. The zero-order valence-electron chi connectivity index (χ0n) is 15.0. The Morgan fingerprint density at radius 3 is 1.10 bits per heavy atom. The van der Waals surface area contributed by atoms with Crippen LogP contribution in [0.1, 0.15) is 84.0 Å². The summed E-state index contributed by atoms with van der Waals surface area (Å²) in [5.41, 5.74) is 5.45. The summed E-state index contributed by atoms with van der Waals surface area (Å²) in [6, 6.07) is 0. The highest BCUT2D eigenvalue weighted by molar-refractivity contribution is 8.93. The van der Waals surface area contributed by atoms with Crippen LogP contribution < -0.4 is 5.73 Å². The number of halogens is 2. The van der Waals surface area contributed by atoms with Gasteiger partial charge in [-0.3, -0.25) is 0 Å². The zero-order chi connectivity index (χ0) is 14.8. The second kappa shape index (κ2) is 28.8. The van der Waals surface area contributed by atoms with Crippen LogP contribution in [-0.2, 0) is 0 Å². The van der Waals surface area contributed by atoms with Crippen molar-refractivity contribution in [2.45, 2.75) is 84.0 Å². The molecule has 2 nitrogen and oxygen atoms in total. The zero-order valence-corrected chi connectivity index (χ0v) is 17.6. The van der Waals surface area contributed by atoms with Gasteiger partial charge in [-0.25, -0.2) is 0 Å². The molecule has 21 heavy (non-hydrogen) atoms. The Morgan fingerprint density at radius 2 is 0.857 bits per heavy atom. The molecule has 0 saturated carbocycles. The monoisotopic (exact) mass is 388 g/mol. The number of nitrogens with zero attached hydrogens (tertiary/aromatic N) is 1. The molecule has 4 heteroatoms. The summed E-state index contributed by atoms with van der Waals surface area (Å²) in [6.45, 7) is 3.15. The largest absolute Gasteiger partial charge is 0.330 e. The third-order valence-electron chi connectivity index (χ3n) is 3.06. The van der Waals surface area contributed by atoms with E-state index in [9.17, 15) is 0 Å². The Labute approximate surface area is 151 Å². The molecule has 0 spiro atoms. The van der Waals surface area contributed by atoms with E-state index in [0.29, 0.717) is 0 Å². The van der Waals surface area contributed by atoms with Gasteiger partial charge in [-0.2, -0.15) is 0 Å². The topological polar surface area (TPSA) is 29.3 Å². The molecule has 0 atom stereocenters. The van der Waals surface area contributed by atoms with Crippen LogP contribution in [0, 0.1) is 0 Å². The number of unbranched alkanes of at least 4 members (excludes halogenated alkanes) is 11. The highest BCUT2D eigenvalue weighted by atomic mass is 79.9. The summed E-state index contributed by atoms with van der Waals surface area (Å²) in [5, 5.41) is 0. The third-order valence-corrected chi connectivity index (χ3v) is 3.06. The molecule has 0 aliphatic heterocycles. The Bertz CT molecular complexity index is 132. The van der Waals surface area contributed by atoms with Crippen molar-refractivity contribution < 1.29 is 0 Å². The van der Waals surface area contributed by atoms with Gasteiger partial charge in [-0.15, -0.1) is 29.4 Å². The van der Waals surface area contributed by atoms with Crippen LogP contribution in [-0.4, -0.2) is 32.6 Å². The van der Waals surface area contributed by atoms with Gasteiger partial charge in [-0.1, -0.05) is 77.6 Å². The predicted octanol–water partition coefficient (Wildman–Crippen LogP) is 5.82. The van der Waals surface area contributed by atoms with Gasteiger partial charge in [0.25, 0.3) is 0 Å². The van der Waals surface area contributed by atoms with Gasteiger partial charge in [0.15, 0.2) is 0 Å². The Kier molecular flexibility index (Phi) is 40.7. The van der Waals surface area contributed by atoms with E-state index in [1.54, 1.807) is 0 Å². The minimum absolute atomic E-state index is 0. The minimum atomic E-state index is 0. The van der Waals surface area contributed by atoms with Gasteiger partial charge in [0.1, 0.15) is 0 Å². The van der Waals surface area contributed by atoms with Crippen LogP contribution in [0.15, 0.2) is 0 Å². The molecular formula is C17H42BrClN2. The van der Waals surface area contributed by atoms with Gasteiger partial charge in [0, 0.05) is 0 Å². The summed E-state index contributed by atoms with van der Waals surface area (Å²) in [5.74, 6) is 0. The van der Waals surface area contributed by atoms with Crippen LogP contribution in [0.5, 0.6) is 0 Å². The number of hydrogen-bond donors (Lipinski definition) is 1. The quantitative estimate of drug-likeness (QED) is 0.426. The molecule has 0 aliphatic rings. The molecule has 0 radical (unpaired) electrons. The van der Waals surface area contributed by atoms with Crippen molar-refractivity contribution in [2.75, 3.05) is 27.7 Å². The average Bonchev–Trinajstić information content (AvgIpc) is 2.35. The molecule has 0 bridgehead atoms.